The van der Waals surface area contributed by atoms with Crippen LogP contribution in [0.2, 0.25) is 0 Å². The van der Waals surface area contributed by atoms with Crippen molar-refractivity contribution in [2.45, 2.75) is 52.2 Å². The lowest BCUT2D eigenvalue weighted by Crippen LogP contribution is -2.42. The van der Waals surface area contributed by atoms with Crippen LogP contribution in [0, 0.1) is 5.82 Å². The van der Waals surface area contributed by atoms with E-state index in [2.05, 4.69) is 10.3 Å². The first-order chi connectivity index (χ1) is 18.1. The molecule has 10 nitrogen and oxygen atoms in total. The highest BCUT2D eigenvalue weighted by Gasteiger charge is 2.36. The Bertz CT molecular complexity index is 1410. The van der Waals surface area contributed by atoms with Gasteiger partial charge in [-0.25, -0.2) is 14.2 Å². The normalized spacial score (nSPS) is 14.8. The van der Waals surface area contributed by atoms with Crippen LogP contribution in [-0.4, -0.2) is 34.1 Å². The molecular weight excluding hydrogens is 495 g/mol. The highest BCUT2D eigenvalue weighted by Crippen LogP contribution is 2.28. The number of fused-ring (bicyclic) bond motifs is 1. The maximum Gasteiger partial charge on any atom is 0.361 e. The van der Waals surface area contributed by atoms with Gasteiger partial charge in [0.05, 0.1) is 13.2 Å². The van der Waals surface area contributed by atoms with Gasteiger partial charge in [0, 0.05) is 12.2 Å². The Labute approximate surface area is 218 Å². The number of hydrogen-bond donors (Lipinski definition) is 2. The Morgan fingerprint density at radius 1 is 1.24 bits per heavy atom. The van der Waals surface area contributed by atoms with Crippen LogP contribution in [0.1, 0.15) is 48.2 Å². The minimum Gasteiger partial charge on any atom is -0.481 e. The van der Waals surface area contributed by atoms with E-state index in [9.17, 15) is 18.8 Å². The third kappa shape index (κ3) is 5.74. The van der Waals surface area contributed by atoms with Gasteiger partial charge in [-0.1, -0.05) is 36.4 Å². The Kier molecular flexibility index (Phi) is 7.88. The quantitative estimate of drug-likeness (QED) is 0.430. The summed E-state index contributed by atoms with van der Waals surface area (Å²) < 4.78 is 32.0. The molecule has 3 N–H and O–H groups in total. The van der Waals surface area contributed by atoms with Crippen LogP contribution >= 0.6 is 0 Å². The molecule has 0 spiro atoms. The molecule has 1 aromatic heterocycles. The van der Waals surface area contributed by atoms with Gasteiger partial charge in [0.15, 0.2) is 11.8 Å². The predicted octanol–water partition coefficient (Wildman–Crippen LogP) is 2.87. The van der Waals surface area contributed by atoms with Gasteiger partial charge in [0.1, 0.15) is 23.8 Å². The van der Waals surface area contributed by atoms with Gasteiger partial charge in [-0.3, -0.25) is 14.2 Å². The smallest absolute Gasteiger partial charge is 0.361 e. The van der Waals surface area contributed by atoms with Gasteiger partial charge < -0.3 is 25.3 Å². The summed E-state index contributed by atoms with van der Waals surface area (Å²) in [5.41, 5.74) is 5.22. The van der Waals surface area contributed by atoms with Crippen LogP contribution in [-0.2, 0) is 39.6 Å². The van der Waals surface area contributed by atoms with Crippen molar-refractivity contribution in [3.8, 4) is 5.75 Å². The number of rotatable bonds is 8. The molecule has 2 heterocycles. The maximum absolute atomic E-state index is 13.7. The summed E-state index contributed by atoms with van der Waals surface area (Å²) in [5, 5.41) is 2.52. The molecule has 0 saturated heterocycles. The molecule has 3 aromatic rings. The van der Waals surface area contributed by atoms with E-state index >= 15 is 0 Å². The number of nitrogens with two attached hydrogens (primary N) is 1. The number of benzene rings is 2. The molecule has 4 rings (SSSR count). The third-order valence-corrected chi connectivity index (χ3v) is 6.07. The summed E-state index contributed by atoms with van der Waals surface area (Å²) in [6, 6.07) is 12.9. The van der Waals surface area contributed by atoms with E-state index in [0.29, 0.717) is 5.56 Å². The van der Waals surface area contributed by atoms with Gasteiger partial charge in [-0.2, -0.15) is 0 Å². The lowest BCUT2D eigenvalue weighted by atomic mass is 10.1. The monoisotopic (exact) mass is 524 g/mol. The number of halogens is 1. The lowest BCUT2D eigenvalue weighted by molar-refractivity contribution is -0.123. The SMILES string of the molecule is CC(OC(=O)c1nc2n(c(=O)c1OCc1ccccc1)CCOC2(C)C)C(=O)Nc1cc(F)ccc1CN. The van der Waals surface area contributed by atoms with Crippen molar-refractivity contribution >= 4 is 17.6 Å². The number of carbonyl (C=O) groups excluding carboxylic acids is 2. The van der Waals surface area contributed by atoms with Crippen LogP contribution < -0.4 is 21.3 Å². The summed E-state index contributed by atoms with van der Waals surface area (Å²) >= 11 is 0. The van der Waals surface area contributed by atoms with Crippen molar-refractivity contribution in [1.29, 1.82) is 0 Å². The van der Waals surface area contributed by atoms with Crippen molar-refractivity contribution < 1.29 is 28.2 Å². The molecule has 2 aromatic carbocycles. The number of ether oxygens (including phenoxy) is 3. The fourth-order valence-corrected chi connectivity index (χ4v) is 4.01. The minimum absolute atomic E-state index is 0.00869. The van der Waals surface area contributed by atoms with E-state index in [1.165, 1.54) is 23.6 Å². The zero-order valence-electron chi connectivity index (χ0n) is 21.3. The van der Waals surface area contributed by atoms with E-state index in [0.717, 1.165) is 11.6 Å². The van der Waals surface area contributed by atoms with Crippen molar-refractivity contribution in [3.63, 3.8) is 0 Å². The van der Waals surface area contributed by atoms with Crippen molar-refractivity contribution in [3.05, 3.63) is 87.3 Å². The summed E-state index contributed by atoms with van der Waals surface area (Å²) in [7, 11) is 0. The van der Waals surface area contributed by atoms with E-state index in [1.54, 1.807) is 13.8 Å². The number of anilines is 1. The molecular formula is C27H29FN4O6. The van der Waals surface area contributed by atoms with Gasteiger partial charge in [-0.15, -0.1) is 0 Å². The first kappa shape index (κ1) is 27.0. The molecule has 1 amide bonds. The van der Waals surface area contributed by atoms with E-state index in [-0.39, 0.29) is 49.3 Å². The fourth-order valence-electron chi connectivity index (χ4n) is 4.01. The number of nitrogens with one attached hydrogen (secondary N) is 1. The topological polar surface area (TPSA) is 135 Å². The highest BCUT2D eigenvalue weighted by atomic mass is 19.1. The van der Waals surface area contributed by atoms with Crippen LogP contribution in [0.5, 0.6) is 5.75 Å². The highest BCUT2D eigenvalue weighted by molar-refractivity contribution is 5.98. The zero-order chi connectivity index (χ0) is 27.4. The van der Waals surface area contributed by atoms with Crippen LogP contribution in [0.25, 0.3) is 0 Å². The molecule has 38 heavy (non-hydrogen) atoms. The fraction of sp³-hybridized carbons (Fsp3) is 0.333. The first-order valence-corrected chi connectivity index (χ1v) is 12.1. The Morgan fingerprint density at radius 3 is 2.68 bits per heavy atom. The van der Waals surface area contributed by atoms with E-state index in [4.69, 9.17) is 19.9 Å². The van der Waals surface area contributed by atoms with Gasteiger partial charge in [0.2, 0.25) is 5.75 Å². The standard InChI is InChI=1S/C27H29FN4O6/c1-16(23(33)30-20-13-19(28)10-9-18(20)14-29)38-25(35)21-22(36-15-17-7-5-4-6-8-17)24(34)32-11-12-37-27(2,3)26(32)31-21/h4-10,13,16H,11-12,14-15,29H2,1-3H3,(H,30,33). The van der Waals surface area contributed by atoms with Gasteiger partial charge >= 0.3 is 5.97 Å². The van der Waals surface area contributed by atoms with Crippen LogP contribution in [0.4, 0.5) is 10.1 Å². The summed E-state index contributed by atoms with van der Waals surface area (Å²) in [6.07, 6.45) is -1.32. The second-order valence-electron chi connectivity index (χ2n) is 9.25. The Hall–Kier alpha value is -4.09. The molecule has 11 heteroatoms. The molecule has 0 fully saturated rings. The van der Waals surface area contributed by atoms with Gasteiger partial charge in [0.25, 0.3) is 11.5 Å². The van der Waals surface area contributed by atoms with Crippen molar-refractivity contribution in [2.75, 3.05) is 11.9 Å². The largest absolute Gasteiger partial charge is 0.481 e. The molecule has 1 atom stereocenters. The van der Waals surface area contributed by atoms with Gasteiger partial charge in [-0.05, 0) is 44.0 Å². The number of carbonyl (C=O) groups is 2. The molecule has 200 valence electrons. The number of amides is 1. The van der Waals surface area contributed by atoms with Crippen LogP contribution in [0.3, 0.4) is 0 Å². The van der Waals surface area contributed by atoms with E-state index in [1.807, 2.05) is 30.3 Å². The number of esters is 1. The predicted molar refractivity (Wildman–Crippen MR) is 136 cm³/mol. The minimum atomic E-state index is -1.32. The second-order valence-corrected chi connectivity index (χ2v) is 9.25. The molecule has 0 saturated carbocycles. The molecule has 1 aliphatic rings. The molecule has 1 aliphatic heterocycles. The Morgan fingerprint density at radius 2 is 1.97 bits per heavy atom. The lowest BCUT2D eigenvalue weighted by Gasteiger charge is -2.32. The second kappa shape index (κ2) is 11.1. The van der Waals surface area contributed by atoms with Crippen molar-refractivity contribution in [1.82, 2.24) is 9.55 Å². The summed E-state index contributed by atoms with van der Waals surface area (Å²) in [5.74, 6) is -2.37. The van der Waals surface area contributed by atoms with Crippen molar-refractivity contribution in [2.24, 2.45) is 5.73 Å². The third-order valence-electron chi connectivity index (χ3n) is 6.07. The average molecular weight is 525 g/mol. The number of hydrogen-bond acceptors (Lipinski definition) is 8. The number of aromatic nitrogens is 2. The summed E-state index contributed by atoms with van der Waals surface area (Å²) in [6.45, 7) is 5.39. The van der Waals surface area contributed by atoms with Crippen LogP contribution in [0.15, 0.2) is 53.3 Å². The average Bonchev–Trinajstić information content (AvgIpc) is 2.88. The zero-order valence-corrected chi connectivity index (χ0v) is 21.3. The summed E-state index contributed by atoms with van der Waals surface area (Å²) in [4.78, 5) is 43.9. The number of nitrogens with zero attached hydrogens (tertiary/aromatic N) is 2. The Balaban J connectivity index is 1.62. The molecule has 1 unspecified atom stereocenters. The molecule has 0 aliphatic carbocycles. The molecule has 0 bridgehead atoms. The first-order valence-electron chi connectivity index (χ1n) is 12.1. The van der Waals surface area contributed by atoms with E-state index < -0.39 is 35.0 Å². The molecule has 0 radical (unpaired) electrons. The maximum atomic E-state index is 13.7.